The maximum absolute atomic E-state index is 11.0. The summed E-state index contributed by atoms with van der Waals surface area (Å²) in [7, 11) is 5.75. The average Bonchev–Trinajstić information content (AvgIpc) is 1.78. The van der Waals surface area contributed by atoms with Crippen molar-refractivity contribution < 1.29 is 4.79 Å². The molecule has 0 unspecified atom stereocenters. The maximum Gasteiger partial charge on any atom is 0.240 e. The summed E-state index contributed by atoms with van der Waals surface area (Å²) in [6.07, 6.45) is 0. The Kier molecular flexibility index (Phi) is 1.90. The first-order valence-electron chi connectivity index (χ1n) is 3.65. The number of nitrogens with two attached hydrogens (primary N) is 1. The quantitative estimate of drug-likeness (QED) is 0.543. The minimum absolute atomic E-state index is 0.222. The Morgan fingerprint density at radius 2 is 2.00 bits per heavy atom. The van der Waals surface area contributed by atoms with Crippen molar-refractivity contribution in [2.45, 2.75) is 5.54 Å². The van der Waals surface area contributed by atoms with Crippen LogP contribution in [0.5, 0.6) is 0 Å². The Morgan fingerprint density at radius 1 is 1.55 bits per heavy atom. The minimum atomic E-state index is -0.408. The van der Waals surface area contributed by atoms with Crippen molar-refractivity contribution in [1.82, 2.24) is 9.80 Å². The van der Waals surface area contributed by atoms with Crippen molar-refractivity contribution in [3.63, 3.8) is 0 Å². The number of carbonyl (C=O) groups excluding carboxylic acids is 1. The van der Waals surface area contributed by atoms with Crippen molar-refractivity contribution >= 4 is 5.91 Å². The van der Waals surface area contributed by atoms with E-state index < -0.39 is 5.54 Å². The van der Waals surface area contributed by atoms with Gasteiger partial charge in [0.05, 0.1) is 0 Å². The molecule has 0 aliphatic carbocycles. The number of rotatable bonds is 2. The van der Waals surface area contributed by atoms with Crippen LogP contribution < -0.4 is 5.73 Å². The van der Waals surface area contributed by atoms with Crippen LogP contribution in [0.4, 0.5) is 0 Å². The average molecular weight is 157 g/mol. The van der Waals surface area contributed by atoms with Crippen LogP contribution in [0, 0.1) is 0 Å². The van der Waals surface area contributed by atoms with E-state index in [-0.39, 0.29) is 5.91 Å². The SMILES string of the molecule is CN1CC(C(N)=O)(N(C)C)C1. The zero-order valence-electron chi connectivity index (χ0n) is 7.29. The fourth-order valence-electron chi connectivity index (χ4n) is 1.51. The molecule has 0 bridgehead atoms. The van der Waals surface area contributed by atoms with Gasteiger partial charge in [0.15, 0.2) is 0 Å². The second-order valence-electron chi connectivity index (χ2n) is 3.46. The predicted molar refractivity (Wildman–Crippen MR) is 43.1 cm³/mol. The second-order valence-corrected chi connectivity index (χ2v) is 3.46. The standard InChI is InChI=1S/C7H15N3O/c1-9(2)7(6(8)11)4-10(3)5-7/h4-5H2,1-3H3,(H2,8,11). The lowest BCUT2D eigenvalue weighted by molar-refractivity contribution is -0.138. The van der Waals surface area contributed by atoms with Crippen LogP contribution in [-0.2, 0) is 4.79 Å². The molecule has 1 aliphatic heterocycles. The van der Waals surface area contributed by atoms with E-state index in [4.69, 9.17) is 5.73 Å². The van der Waals surface area contributed by atoms with E-state index in [2.05, 4.69) is 4.90 Å². The molecule has 0 spiro atoms. The summed E-state index contributed by atoms with van der Waals surface area (Å²) in [5, 5.41) is 0. The zero-order chi connectivity index (χ0) is 8.65. The van der Waals surface area contributed by atoms with E-state index >= 15 is 0 Å². The molecule has 64 valence electrons. The van der Waals surface area contributed by atoms with Gasteiger partial charge in [0.25, 0.3) is 0 Å². The van der Waals surface area contributed by atoms with Gasteiger partial charge in [0.2, 0.25) is 5.91 Å². The number of likely N-dealkylation sites (tertiary alicyclic amines) is 1. The molecule has 11 heavy (non-hydrogen) atoms. The van der Waals surface area contributed by atoms with E-state index in [0.717, 1.165) is 13.1 Å². The maximum atomic E-state index is 11.0. The monoisotopic (exact) mass is 157 g/mol. The van der Waals surface area contributed by atoms with E-state index in [1.54, 1.807) is 0 Å². The number of hydrogen-bond acceptors (Lipinski definition) is 3. The van der Waals surface area contributed by atoms with Gasteiger partial charge in [-0.05, 0) is 21.1 Å². The third kappa shape index (κ3) is 1.12. The summed E-state index contributed by atoms with van der Waals surface area (Å²) in [5.74, 6) is -0.222. The molecule has 2 N–H and O–H groups in total. The Hall–Kier alpha value is -0.610. The number of hydrogen-bond donors (Lipinski definition) is 1. The number of amides is 1. The molecular formula is C7H15N3O. The summed E-state index contributed by atoms with van der Waals surface area (Å²) in [4.78, 5) is 15.0. The van der Waals surface area contributed by atoms with Gasteiger partial charge in [-0.1, -0.05) is 0 Å². The van der Waals surface area contributed by atoms with Crippen LogP contribution in [0.25, 0.3) is 0 Å². The molecule has 1 heterocycles. The van der Waals surface area contributed by atoms with E-state index in [1.165, 1.54) is 0 Å². The van der Waals surface area contributed by atoms with Gasteiger partial charge < -0.3 is 10.6 Å². The van der Waals surface area contributed by atoms with E-state index in [0.29, 0.717) is 0 Å². The molecule has 1 amide bonds. The van der Waals surface area contributed by atoms with Gasteiger partial charge >= 0.3 is 0 Å². The Morgan fingerprint density at radius 3 is 2.09 bits per heavy atom. The number of carbonyl (C=O) groups is 1. The molecule has 4 nitrogen and oxygen atoms in total. The molecule has 0 saturated carbocycles. The topological polar surface area (TPSA) is 49.6 Å². The van der Waals surface area contributed by atoms with Gasteiger partial charge in [0, 0.05) is 13.1 Å². The first-order chi connectivity index (χ1) is 4.99. The lowest BCUT2D eigenvalue weighted by Crippen LogP contribution is -2.73. The lowest BCUT2D eigenvalue weighted by atomic mass is 9.88. The van der Waals surface area contributed by atoms with Gasteiger partial charge in [-0.2, -0.15) is 0 Å². The van der Waals surface area contributed by atoms with Crippen LogP contribution in [0.2, 0.25) is 0 Å². The van der Waals surface area contributed by atoms with Crippen LogP contribution in [-0.4, -0.2) is 55.5 Å². The molecule has 1 rings (SSSR count). The van der Waals surface area contributed by atoms with Gasteiger partial charge in [-0.25, -0.2) is 0 Å². The normalized spacial score (nSPS) is 23.3. The van der Waals surface area contributed by atoms with Crippen molar-refractivity contribution in [2.75, 3.05) is 34.2 Å². The molecule has 0 aromatic rings. The van der Waals surface area contributed by atoms with Crippen LogP contribution in [0.15, 0.2) is 0 Å². The first kappa shape index (κ1) is 8.49. The lowest BCUT2D eigenvalue weighted by Gasteiger charge is -2.50. The van der Waals surface area contributed by atoms with Gasteiger partial charge in [-0.3, -0.25) is 9.69 Å². The first-order valence-corrected chi connectivity index (χ1v) is 3.65. The number of primary amides is 1. The Balaban J connectivity index is 2.69. The number of likely N-dealkylation sites (N-methyl/N-ethyl adjacent to an activating group) is 2. The third-order valence-corrected chi connectivity index (χ3v) is 2.38. The molecule has 1 fully saturated rings. The van der Waals surface area contributed by atoms with Crippen molar-refractivity contribution in [3.8, 4) is 0 Å². The molecule has 1 aliphatic rings. The summed E-state index contributed by atoms with van der Waals surface area (Å²) in [6.45, 7) is 1.49. The molecular weight excluding hydrogens is 142 g/mol. The summed E-state index contributed by atoms with van der Waals surface area (Å²) < 4.78 is 0. The van der Waals surface area contributed by atoms with E-state index in [1.807, 2.05) is 26.0 Å². The smallest absolute Gasteiger partial charge is 0.240 e. The second kappa shape index (κ2) is 2.46. The highest BCUT2D eigenvalue weighted by atomic mass is 16.2. The van der Waals surface area contributed by atoms with Gasteiger partial charge in [-0.15, -0.1) is 0 Å². The highest BCUT2D eigenvalue weighted by molar-refractivity contribution is 5.86. The fraction of sp³-hybridized carbons (Fsp3) is 0.857. The molecule has 1 saturated heterocycles. The largest absolute Gasteiger partial charge is 0.368 e. The highest BCUT2D eigenvalue weighted by Crippen LogP contribution is 2.23. The third-order valence-electron chi connectivity index (χ3n) is 2.38. The predicted octanol–water partition coefficient (Wildman–Crippen LogP) is -1.28. The summed E-state index contributed by atoms with van der Waals surface area (Å²) >= 11 is 0. The molecule has 0 radical (unpaired) electrons. The Bertz CT molecular complexity index is 173. The van der Waals surface area contributed by atoms with Crippen LogP contribution in [0.1, 0.15) is 0 Å². The van der Waals surface area contributed by atoms with Crippen LogP contribution in [0.3, 0.4) is 0 Å². The minimum Gasteiger partial charge on any atom is -0.368 e. The zero-order valence-corrected chi connectivity index (χ0v) is 7.29. The van der Waals surface area contributed by atoms with E-state index in [9.17, 15) is 4.79 Å². The van der Waals surface area contributed by atoms with Crippen molar-refractivity contribution in [1.29, 1.82) is 0 Å². The Labute approximate surface area is 66.9 Å². The molecule has 4 heteroatoms. The summed E-state index contributed by atoms with van der Waals surface area (Å²) in [6, 6.07) is 0. The van der Waals surface area contributed by atoms with Gasteiger partial charge in [0.1, 0.15) is 5.54 Å². The van der Waals surface area contributed by atoms with Crippen molar-refractivity contribution in [3.05, 3.63) is 0 Å². The molecule has 0 atom stereocenters. The summed E-state index contributed by atoms with van der Waals surface area (Å²) in [5.41, 5.74) is 4.88. The van der Waals surface area contributed by atoms with Crippen molar-refractivity contribution in [2.24, 2.45) is 5.73 Å². The van der Waals surface area contributed by atoms with Crippen LogP contribution >= 0.6 is 0 Å². The number of nitrogens with zero attached hydrogens (tertiary/aromatic N) is 2. The fourth-order valence-corrected chi connectivity index (χ4v) is 1.51. The molecule has 0 aromatic heterocycles. The molecule has 0 aromatic carbocycles. The highest BCUT2D eigenvalue weighted by Gasteiger charge is 2.48.